The quantitative estimate of drug-likeness (QED) is 0.726. The molecule has 2 rings (SSSR count). The highest BCUT2D eigenvalue weighted by Crippen LogP contribution is 2.18. The predicted octanol–water partition coefficient (Wildman–Crippen LogP) is 1.58. The molecule has 6 heteroatoms. The maximum Gasteiger partial charge on any atom is 0.163 e. The number of hydrogen-bond acceptors (Lipinski definition) is 4. The smallest absolute Gasteiger partial charge is 0.163 e. The summed E-state index contributed by atoms with van der Waals surface area (Å²) in [5.74, 6) is 1.39. The molecule has 0 radical (unpaired) electrons. The van der Waals surface area contributed by atoms with Crippen molar-refractivity contribution in [2.24, 2.45) is 0 Å². The van der Waals surface area contributed by atoms with E-state index in [2.05, 4.69) is 20.1 Å². The first-order valence-corrected chi connectivity index (χ1v) is 4.98. The first-order chi connectivity index (χ1) is 7.22. The van der Waals surface area contributed by atoms with E-state index in [0.717, 1.165) is 12.0 Å². The van der Waals surface area contributed by atoms with Crippen molar-refractivity contribution in [1.29, 1.82) is 0 Å². The maximum atomic E-state index is 6.00. The van der Waals surface area contributed by atoms with E-state index in [-0.39, 0.29) is 0 Å². The number of aromatic nitrogens is 5. The highest BCUT2D eigenvalue weighted by Gasteiger charge is 2.10. The molecular weight excluding hydrogens is 214 g/mol. The number of halogens is 1. The normalized spacial score (nSPS) is 10.6. The average Bonchev–Trinajstić information content (AvgIpc) is 2.75. The first kappa shape index (κ1) is 10.0. The van der Waals surface area contributed by atoms with Gasteiger partial charge in [0.1, 0.15) is 23.6 Å². The third-order valence-corrected chi connectivity index (χ3v) is 2.43. The Morgan fingerprint density at radius 3 is 2.80 bits per heavy atom. The molecule has 5 nitrogen and oxygen atoms in total. The molecule has 0 amide bonds. The summed E-state index contributed by atoms with van der Waals surface area (Å²) in [6.45, 7) is 3.84. The van der Waals surface area contributed by atoms with Gasteiger partial charge in [-0.05, 0) is 6.92 Å². The fourth-order valence-electron chi connectivity index (χ4n) is 1.22. The van der Waals surface area contributed by atoms with Crippen molar-refractivity contribution < 1.29 is 0 Å². The monoisotopic (exact) mass is 223 g/mol. The van der Waals surface area contributed by atoms with Gasteiger partial charge >= 0.3 is 0 Å². The van der Waals surface area contributed by atoms with Gasteiger partial charge in [-0.3, -0.25) is 0 Å². The Hall–Kier alpha value is -1.49. The van der Waals surface area contributed by atoms with Crippen LogP contribution in [0, 0.1) is 6.92 Å². The molecule has 0 bridgehead atoms. The van der Waals surface area contributed by atoms with Crippen LogP contribution in [0.4, 0.5) is 0 Å². The summed E-state index contributed by atoms with van der Waals surface area (Å²) in [5, 5.41) is 4.49. The standard InChI is InChI=1S/C9H10ClN5/c1-3-7-13-8(10)6(2)9(14-7)15-5-11-4-12-15/h4-5H,3H2,1-2H3. The average molecular weight is 224 g/mol. The largest absolute Gasteiger partial charge is 0.223 e. The van der Waals surface area contributed by atoms with Crippen LogP contribution < -0.4 is 0 Å². The van der Waals surface area contributed by atoms with Gasteiger partial charge in [-0.25, -0.2) is 19.6 Å². The van der Waals surface area contributed by atoms with Crippen LogP contribution in [0.2, 0.25) is 5.15 Å². The molecule has 0 saturated carbocycles. The topological polar surface area (TPSA) is 56.5 Å². The molecule has 0 aliphatic carbocycles. The molecule has 0 spiro atoms. The molecule has 2 heterocycles. The fourth-order valence-corrected chi connectivity index (χ4v) is 1.40. The summed E-state index contributed by atoms with van der Waals surface area (Å²) < 4.78 is 1.59. The summed E-state index contributed by atoms with van der Waals surface area (Å²) in [5.41, 5.74) is 0.805. The minimum absolute atomic E-state index is 0.465. The molecule has 0 aliphatic heterocycles. The van der Waals surface area contributed by atoms with E-state index in [4.69, 9.17) is 11.6 Å². The van der Waals surface area contributed by atoms with Gasteiger partial charge in [0, 0.05) is 12.0 Å². The lowest BCUT2D eigenvalue weighted by molar-refractivity contribution is 0.801. The molecule has 2 aromatic heterocycles. The van der Waals surface area contributed by atoms with E-state index in [1.54, 1.807) is 11.0 Å². The molecule has 0 saturated heterocycles. The van der Waals surface area contributed by atoms with E-state index in [1.165, 1.54) is 6.33 Å². The Morgan fingerprint density at radius 1 is 1.40 bits per heavy atom. The third kappa shape index (κ3) is 1.83. The summed E-state index contributed by atoms with van der Waals surface area (Å²) in [7, 11) is 0. The van der Waals surface area contributed by atoms with Crippen molar-refractivity contribution in [3.05, 3.63) is 29.2 Å². The molecule has 0 unspecified atom stereocenters. The molecule has 78 valence electrons. The Bertz CT molecular complexity index is 466. The lowest BCUT2D eigenvalue weighted by atomic mass is 10.3. The number of rotatable bonds is 2. The van der Waals surface area contributed by atoms with Crippen molar-refractivity contribution >= 4 is 11.6 Å². The Balaban J connectivity index is 2.60. The van der Waals surface area contributed by atoms with Crippen LogP contribution in [0.5, 0.6) is 0 Å². The van der Waals surface area contributed by atoms with Crippen molar-refractivity contribution in [2.45, 2.75) is 20.3 Å². The lowest BCUT2D eigenvalue weighted by Crippen LogP contribution is -2.06. The Kier molecular flexibility index (Phi) is 2.64. The summed E-state index contributed by atoms with van der Waals surface area (Å²) >= 11 is 6.00. The van der Waals surface area contributed by atoms with Crippen molar-refractivity contribution in [3.63, 3.8) is 0 Å². The molecule has 0 N–H and O–H groups in total. The SMILES string of the molecule is CCc1nc(Cl)c(C)c(-n2cncn2)n1. The van der Waals surface area contributed by atoms with E-state index in [9.17, 15) is 0 Å². The van der Waals surface area contributed by atoms with Gasteiger partial charge in [-0.2, -0.15) is 5.10 Å². The number of aryl methyl sites for hydroxylation is 1. The van der Waals surface area contributed by atoms with Crippen LogP contribution in [0.1, 0.15) is 18.3 Å². The summed E-state index contributed by atoms with van der Waals surface area (Å²) in [6, 6.07) is 0. The maximum absolute atomic E-state index is 6.00. The van der Waals surface area contributed by atoms with Gasteiger partial charge in [-0.1, -0.05) is 18.5 Å². The molecule has 0 fully saturated rings. The van der Waals surface area contributed by atoms with Crippen LogP contribution in [-0.2, 0) is 6.42 Å². The van der Waals surface area contributed by atoms with Crippen molar-refractivity contribution in [2.75, 3.05) is 0 Å². The van der Waals surface area contributed by atoms with E-state index >= 15 is 0 Å². The zero-order valence-corrected chi connectivity index (χ0v) is 9.23. The first-order valence-electron chi connectivity index (χ1n) is 4.60. The fraction of sp³-hybridized carbons (Fsp3) is 0.333. The minimum atomic E-state index is 0.465. The molecular formula is C9H10ClN5. The van der Waals surface area contributed by atoms with Gasteiger partial charge in [0.25, 0.3) is 0 Å². The van der Waals surface area contributed by atoms with E-state index in [1.807, 2.05) is 13.8 Å². The van der Waals surface area contributed by atoms with Crippen LogP contribution in [0.3, 0.4) is 0 Å². The highest BCUT2D eigenvalue weighted by molar-refractivity contribution is 6.30. The van der Waals surface area contributed by atoms with Gasteiger partial charge in [-0.15, -0.1) is 0 Å². The predicted molar refractivity (Wildman–Crippen MR) is 56.1 cm³/mol. The Morgan fingerprint density at radius 2 is 2.20 bits per heavy atom. The lowest BCUT2D eigenvalue weighted by Gasteiger charge is -2.07. The zero-order valence-electron chi connectivity index (χ0n) is 8.48. The number of nitrogens with zero attached hydrogens (tertiary/aromatic N) is 5. The molecule has 0 aromatic carbocycles. The second-order valence-corrected chi connectivity index (χ2v) is 3.43. The second kappa shape index (κ2) is 3.94. The summed E-state index contributed by atoms with van der Waals surface area (Å²) in [6.07, 6.45) is 3.79. The van der Waals surface area contributed by atoms with Crippen LogP contribution in [0.15, 0.2) is 12.7 Å². The van der Waals surface area contributed by atoms with E-state index < -0.39 is 0 Å². The Labute approximate surface area is 92.2 Å². The molecule has 0 aliphatic rings. The second-order valence-electron chi connectivity index (χ2n) is 3.07. The van der Waals surface area contributed by atoms with Crippen LogP contribution >= 0.6 is 11.6 Å². The zero-order chi connectivity index (χ0) is 10.8. The highest BCUT2D eigenvalue weighted by atomic mass is 35.5. The summed E-state index contributed by atoms with van der Waals surface area (Å²) in [4.78, 5) is 12.4. The molecule has 0 atom stereocenters. The molecule has 2 aromatic rings. The van der Waals surface area contributed by atoms with Gasteiger partial charge in [0.2, 0.25) is 0 Å². The van der Waals surface area contributed by atoms with Gasteiger partial charge in [0.15, 0.2) is 5.82 Å². The minimum Gasteiger partial charge on any atom is -0.223 e. The van der Waals surface area contributed by atoms with Gasteiger partial charge in [0.05, 0.1) is 0 Å². The van der Waals surface area contributed by atoms with Crippen molar-refractivity contribution in [3.8, 4) is 5.82 Å². The molecule has 15 heavy (non-hydrogen) atoms. The van der Waals surface area contributed by atoms with Gasteiger partial charge < -0.3 is 0 Å². The van der Waals surface area contributed by atoms with Crippen LogP contribution in [-0.4, -0.2) is 24.7 Å². The van der Waals surface area contributed by atoms with Crippen molar-refractivity contribution in [1.82, 2.24) is 24.7 Å². The third-order valence-electron chi connectivity index (χ3n) is 2.06. The van der Waals surface area contributed by atoms with E-state index in [0.29, 0.717) is 16.8 Å². The van der Waals surface area contributed by atoms with Crippen LogP contribution in [0.25, 0.3) is 5.82 Å². The number of hydrogen-bond donors (Lipinski definition) is 0.